The minimum atomic E-state index is -0.572. The molecule has 5 heteroatoms. The van der Waals surface area contributed by atoms with Crippen LogP contribution in [0.5, 0.6) is 0 Å². The Bertz CT molecular complexity index is 769. The fraction of sp³-hybridized carbons (Fsp3) is 0.474. The Morgan fingerprint density at radius 3 is 2.75 bits per heavy atom. The summed E-state index contributed by atoms with van der Waals surface area (Å²) in [7, 11) is 2.08. The van der Waals surface area contributed by atoms with Gasteiger partial charge in [-0.1, -0.05) is 18.2 Å². The molecule has 0 aromatic heterocycles. The first-order chi connectivity index (χ1) is 11.4. The summed E-state index contributed by atoms with van der Waals surface area (Å²) in [5.74, 6) is 0.777. The smallest absolute Gasteiger partial charge is 0.247 e. The van der Waals surface area contributed by atoms with E-state index in [1.165, 1.54) is 11.3 Å². The lowest BCUT2D eigenvalue weighted by atomic mass is 9.74. The molecule has 2 heterocycles. The number of hydrogen-bond donors (Lipinski definition) is 0. The summed E-state index contributed by atoms with van der Waals surface area (Å²) in [5, 5.41) is 11.0. The lowest BCUT2D eigenvalue weighted by Crippen LogP contribution is -2.52. The molecule has 0 amide bonds. The maximum atomic E-state index is 11.0. The zero-order chi connectivity index (χ0) is 17.1. The van der Waals surface area contributed by atoms with Crippen LogP contribution in [0.3, 0.4) is 0 Å². The number of ether oxygens (including phenoxy) is 1. The maximum absolute atomic E-state index is 11.0. The molecule has 0 N–H and O–H groups in total. The minimum absolute atomic E-state index is 0.0455. The fourth-order valence-corrected chi connectivity index (χ4v) is 4.43. The van der Waals surface area contributed by atoms with Crippen LogP contribution in [-0.2, 0) is 4.74 Å². The second kappa shape index (κ2) is 4.85. The van der Waals surface area contributed by atoms with Gasteiger partial charge >= 0.3 is 0 Å². The number of nitrogens with zero attached hydrogens (tertiary/aromatic N) is 2. The van der Waals surface area contributed by atoms with Crippen LogP contribution in [0.4, 0.5) is 0 Å². The zero-order valence-electron chi connectivity index (χ0n) is 14.3. The van der Waals surface area contributed by atoms with Crippen LogP contribution < -0.4 is 0 Å². The van der Waals surface area contributed by atoms with Gasteiger partial charge in [0.1, 0.15) is 5.76 Å². The molecule has 0 saturated carbocycles. The van der Waals surface area contributed by atoms with Gasteiger partial charge in [0.25, 0.3) is 0 Å². The Hall–Kier alpha value is -2.30. The first-order valence-electron chi connectivity index (χ1n) is 8.45. The molecule has 126 valence electrons. The Kier molecular flexibility index (Phi) is 3.08. The third-order valence-electron chi connectivity index (χ3n) is 5.85. The van der Waals surface area contributed by atoms with E-state index in [0.29, 0.717) is 6.42 Å². The summed E-state index contributed by atoms with van der Waals surface area (Å²) in [6.45, 7) is 4.43. The number of hydrogen-bond acceptors (Lipinski definition) is 4. The first-order valence-corrected chi connectivity index (χ1v) is 8.45. The number of likely N-dealkylation sites (N-methyl/N-ethyl adjacent to an activating group) is 1. The van der Waals surface area contributed by atoms with Crippen LogP contribution in [0.2, 0.25) is 0 Å². The van der Waals surface area contributed by atoms with Crippen LogP contribution in [0.1, 0.15) is 33.1 Å². The highest BCUT2D eigenvalue weighted by Gasteiger charge is 2.60. The van der Waals surface area contributed by atoms with Gasteiger partial charge in [-0.15, -0.1) is 0 Å². The molecule has 4 aliphatic rings. The molecule has 5 nitrogen and oxygen atoms in total. The molecule has 0 aromatic rings. The topological polar surface area (TPSA) is 55.6 Å². The number of nitro groups is 1. The van der Waals surface area contributed by atoms with Gasteiger partial charge in [-0.3, -0.25) is 10.1 Å². The van der Waals surface area contributed by atoms with Crippen molar-refractivity contribution in [1.29, 1.82) is 0 Å². The third-order valence-corrected chi connectivity index (χ3v) is 5.85. The lowest BCUT2D eigenvalue weighted by Gasteiger charge is -2.47. The quantitative estimate of drug-likeness (QED) is 0.416. The fourth-order valence-electron chi connectivity index (χ4n) is 4.43. The van der Waals surface area contributed by atoms with Crippen LogP contribution in [0.15, 0.2) is 59.2 Å². The van der Waals surface area contributed by atoms with Crippen LogP contribution in [-0.4, -0.2) is 22.6 Å². The maximum Gasteiger partial charge on any atom is 0.247 e. The number of likely N-dealkylation sites (tertiary alicyclic amines) is 1. The van der Waals surface area contributed by atoms with Crippen molar-refractivity contribution in [3.05, 3.63) is 69.3 Å². The van der Waals surface area contributed by atoms with Crippen molar-refractivity contribution in [2.45, 2.75) is 38.8 Å². The first kappa shape index (κ1) is 15.2. The highest BCUT2D eigenvalue weighted by Crippen LogP contribution is 2.58. The summed E-state index contributed by atoms with van der Waals surface area (Å²) in [5.41, 5.74) is 2.05. The molecule has 1 fully saturated rings. The van der Waals surface area contributed by atoms with Crippen molar-refractivity contribution in [1.82, 2.24) is 4.90 Å². The molecule has 0 aromatic carbocycles. The van der Waals surface area contributed by atoms with E-state index >= 15 is 0 Å². The lowest BCUT2D eigenvalue weighted by molar-refractivity contribution is -0.429. The van der Waals surface area contributed by atoms with Crippen LogP contribution in [0.25, 0.3) is 0 Å². The highest BCUT2D eigenvalue weighted by atomic mass is 16.6. The normalized spacial score (nSPS) is 33.0. The van der Waals surface area contributed by atoms with Crippen molar-refractivity contribution in [2.75, 3.05) is 7.05 Å². The van der Waals surface area contributed by atoms with E-state index in [-0.39, 0.29) is 22.0 Å². The largest absolute Gasteiger partial charge is 0.467 e. The van der Waals surface area contributed by atoms with Gasteiger partial charge in [0, 0.05) is 24.7 Å². The molecule has 1 spiro atoms. The van der Waals surface area contributed by atoms with E-state index < -0.39 is 5.72 Å². The Labute approximate surface area is 141 Å². The van der Waals surface area contributed by atoms with Crippen LogP contribution in [0, 0.1) is 21.4 Å². The second-order valence-corrected chi connectivity index (χ2v) is 7.42. The minimum Gasteiger partial charge on any atom is -0.467 e. The van der Waals surface area contributed by atoms with Gasteiger partial charge < -0.3 is 9.64 Å². The van der Waals surface area contributed by atoms with Gasteiger partial charge in [-0.05, 0) is 44.4 Å². The van der Waals surface area contributed by atoms with Gasteiger partial charge in [-0.2, -0.15) is 0 Å². The average molecular weight is 326 g/mol. The second-order valence-electron chi connectivity index (χ2n) is 7.42. The molecular weight excluding hydrogens is 304 g/mol. The standard InChI is InChI=1S/C19H22N2O3/c1-18(2)15-6-4-5-7-16(15)20(3)19(18)11-10-13-12-14(21(22)23)8-9-17(13)24-19/h6-11,13H,4-5,12H2,1-3H3. The van der Waals surface area contributed by atoms with Gasteiger partial charge in [0.05, 0.1) is 16.8 Å². The SMILES string of the molecule is CN1C2=CCCC=C2C(C)(C)C12C=CC1CC([N+](=O)[O-])=CC=C1O2. The molecule has 0 bridgehead atoms. The molecular formula is C19H22N2O3. The average Bonchev–Trinajstić information content (AvgIpc) is 2.74. The van der Waals surface area contributed by atoms with E-state index in [9.17, 15) is 10.1 Å². The van der Waals surface area contributed by atoms with Crippen molar-refractivity contribution in [3.63, 3.8) is 0 Å². The van der Waals surface area contributed by atoms with E-state index in [0.717, 1.165) is 18.6 Å². The highest BCUT2D eigenvalue weighted by molar-refractivity contribution is 5.49. The molecule has 2 aliphatic heterocycles. The summed E-state index contributed by atoms with van der Waals surface area (Å²) < 4.78 is 6.54. The van der Waals surface area contributed by atoms with Crippen molar-refractivity contribution >= 4 is 0 Å². The van der Waals surface area contributed by atoms with E-state index in [2.05, 4.69) is 50.1 Å². The van der Waals surface area contributed by atoms with E-state index in [1.807, 2.05) is 0 Å². The number of fused-ring (bicyclic) bond motifs is 2. The van der Waals surface area contributed by atoms with E-state index in [4.69, 9.17) is 4.74 Å². The Balaban J connectivity index is 1.78. The number of rotatable bonds is 1. The molecule has 0 radical (unpaired) electrons. The molecule has 4 rings (SSSR count). The summed E-state index contributed by atoms with van der Waals surface area (Å²) in [4.78, 5) is 12.9. The molecule has 2 atom stereocenters. The van der Waals surface area contributed by atoms with Crippen molar-refractivity contribution in [2.24, 2.45) is 11.3 Å². The summed E-state index contributed by atoms with van der Waals surface area (Å²) in [6.07, 6.45) is 14.7. The molecule has 2 unspecified atom stereocenters. The Morgan fingerprint density at radius 1 is 1.29 bits per heavy atom. The van der Waals surface area contributed by atoms with Gasteiger partial charge in [0.2, 0.25) is 11.4 Å². The zero-order valence-corrected chi connectivity index (χ0v) is 14.3. The molecule has 24 heavy (non-hydrogen) atoms. The van der Waals surface area contributed by atoms with Crippen molar-refractivity contribution < 1.29 is 9.66 Å². The van der Waals surface area contributed by atoms with Crippen molar-refractivity contribution in [3.8, 4) is 0 Å². The Morgan fingerprint density at radius 2 is 2.04 bits per heavy atom. The summed E-state index contributed by atoms with van der Waals surface area (Å²) in [6, 6.07) is 0. The predicted molar refractivity (Wildman–Crippen MR) is 91.2 cm³/mol. The predicted octanol–water partition coefficient (Wildman–Crippen LogP) is 3.91. The van der Waals surface area contributed by atoms with E-state index in [1.54, 1.807) is 12.2 Å². The third kappa shape index (κ3) is 1.81. The van der Waals surface area contributed by atoms with Gasteiger partial charge in [0.15, 0.2) is 0 Å². The molecule has 2 aliphatic carbocycles. The van der Waals surface area contributed by atoms with Gasteiger partial charge in [-0.25, -0.2) is 0 Å². The molecule has 1 saturated heterocycles. The monoisotopic (exact) mass is 326 g/mol. The number of allylic oxidation sites excluding steroid dienone is 7. The van der Waals surface area contributed by atoms with Crippen LogP contribution >= 0.6 is 0 Å². The summed E-state index contributed by atoms with van der Waals surface area (Å²) >= 11 is 0.